The first-order valence-electron chi connectivity index (χ1n) is 10.4. The van der Waals surface area contributed by atoms with Gasteiger partial charge in [0.25, 0.3) is 5.56 Å². The Labute approximate surface area is 186 Å². The fourth-order valence-corrected chi connectivity index (χ4v) is 4.19. The minimum atomic E-state index is -4.66. The molecule has 0 atom stereocenters. The summed E-state index contributed by atoms with van der Waals surface area (Å²) in [5.41, 5.74) is -0.304. The van der Waals surface area contributed by atoms with E-state index in [-0.39, 0.29) is 11.2 Å². The molecule has 3 aromatic heterocycles. The number of H-pyrrole nitrogens is 1. The standard InChI is InChI=1S/C23H20F3N5O2/c1-33-16-10-14(12-27-13-16)20-17-6-7-28-21(17)22(32)31(29-20)19-11-15(30-8-2-3-9-30)4-5-18(19)23(24,25)26/h4-7,10-13,28H,2-3,8-9H2,1H3. The van der Waals surface area contributed by atoms with E-state index in [2.05, 4.69) is 15.1 Å². The molecular weight excluding hydrogens is 435 g/mol. The van der Waals surface area contributed by atoms with Crippen LogP contribution in [0.15, 0.2) is 53.7 Å². The number of hydrogen-bond acceptors (Lipinski definition) is 5. The smallest absolute Gasteiger partial charge is 0.418 e. The minimum absolute atomic E-state index is 0.155. The lowest BCUT2D eigenvalue weighted by Gasteiger charge is -2.21. The Morgan fingerprint density at radius 3 is 2.61 bits per heavy atom. The third-order valence-corrected chi connectivity index (χ3v) is 5.82. The topological polar surface area (TPSA) is 76.0 Å². The number of alkyl halides is 3. The van der Waals surface area contributed by atoms with Gasteiger partial charge in [-0.15, -0.1) is 0 Å². The first-order valence-corrected chi connectivity index (χ1v) is 10.4. The SMILES string of the molecule is COc1cncc(-c2nn(-c3cc(N4CCCC4)ccc3C(F)(F)F)c(=O)c3[nH]ccc23)c1. The fourth-order valence-electron chi connectivity index (χ4n) is 4.19. The van der Waals surface area contributed by atoms with E-state index < -0.39 is 17.3 Å². The monoisotopic (exact) mass is 455 g/mol. The molecule has 4 aromatic rings. The number of anilines is 1. The third kappa shape index (κ3) is 3.71. The van der Waals surface area contributed by atoms with Gasteiger partial charge in [-0.1, -0.05) is 0 Å². The molecule has 0 unspecified atom stereocenters. The molecule has 4 heterocycles. The van der Waals surface area contributed by atoms with Gasteiger partial charge in [0.2, 0.25) is 0 Å². The number of rotatable bonds is 4. The molecule has 1 saturated heterocycles. The van der Waals surface area contributed by atoms with Crippen LogP contribution in [0.2, 0.25) is 0 Å². The largest absolute Gasteiger partial charge is 0.495 e. The molecule has 0 saturated carbocycles. The number of benzene rings is 1. The van der Waals surface area contributed by atoms with Crippen molar-refractivity contribution in [2.75, 3.05) is 25.1 Å². The molecular formula is C23H20F3N5O2. The number of aromatic amines is 1. The number of methoxy groups -OCH3 is 1. The molecule has 1 aliphatic rings. The summed E-state index contributed by atoms with van der Waals surface area (Å²) in [5, 5.41) is 4.88. The second-order valence-corrected chi connectivity index (χ2v) is 7.84. The van der Waals surface area contributed by atoms with Crippen molar-refractivity contribution in [1.29, 1.82) is 0 Å². The first kappa shape index (κ1) is 21.0. The van der Waals surface area contributed by atoms with Gasteiger partial charge >= 0.3 is 6.18 Å². The lowest BCUT2D eigenvalue weighted by atomic mass is 10.1. The van der Waals surface area contributed by atoms with E-state index >= 15 is 0 Å². The molecule has 5 rings (SSSR count). The summed E-state index contributed by atoms with van der Waals surface area (Å²) in [6.45, 7) is 1.51. The number of pyridine rings is 1. The second-order valence-electron chi connectivity index (χ2n) is 7.84. The average Bonchev–Trinajstić information content (AvgIpc) is 3.51. The number of fused-ring (bicyclic) bond motifs is 1. The van der Waals surface area contributed by atoms with Crippen molar-refractivity contribution in [3.63, 3.8) is 0 Å². The van der Waals surface area contributed by atoms with Gasteiger partial charge < -0.3 is 14.6 Å². The Hall–Kier alpha value is -3.82. The maximum Gasteiger partial charge on any atom is 0.418 e. The summed E-state index contributed by atoms with van der Waals surface area (Å²) in [4.78, 5) is 22.2. The number of ether oxygens (including phenoxy) is 1. The molecule has 33 heavy (non-hydrogen) atoms. The number of aromatic nitrogens is 4. The van der Waals surface area contributed by atoms with Gasteiger partial charge in [-0.3, -0.25) is 9.78 Å². The molecule has 1 aromatic carbocycles. The molecule has 0 radical (unpaired) electrons. The summed E-state index contributed by atoms with van der Waals surface area (Å²) in [6.07, 6.45) is 1.86. The van der Waals surface area contributed by atoms with E-state index in [0.717, 1.165) is 36.7 Å². The van der Waals surface area contributed by atoms with Gasteiger partial charge in [0.05, 0.1) is 24.6 Å². The Bertz CT molecular complexity index is 1390. The van der Waals surface area contributed by atoms with Crippen LogP contribution in [-0.2, 0) is 6.18 Å². The van der Waals surface area contributed by atoms with E-state index in [1.165, 1.54) is 31.6 Å². The first-order chi connectivity index (χ1) is 15.9. The van der Waals surface area contributed by atoms with E-state index in [1.807, 2.05) is 4.90 Å². The lowest BCUT2D eigenvalue weighted by molar-refractivity contribution is -0.137. The van der Waals surface area contributed by atoms with E-state index in [0.29, 0.717) is 28.1 Å². The van der Waals surface area contributed by atoms with Crippen LogP contribution < -0.4 is 15.2 Å². The molecule has 7 nitrogen and oxygen atoms in total. The maximum absolute atomic E-state index is 14.0. The summed E-state index contributed by atoms with van der Waals surface area (Å²) in [6, 6.07) is 7.19. The van der Waals surface area contributed by atoms with Crippen LogP contribution in [0, 0.1) is 0 Å². The molecule has 0 amide bonds. The highest BCUT2D eigenvalue weighted by molar-refractivity contribution is 5.92. The minimum Gasteiger partial charge on any atom is -0.495 e. The van der Waals surface area contributed by atoms with Crippen molar-refractivity contribution in [3.8, 4) is 22.7 Å². The molecule has 0 aliphatic carbocycles. The van der Waals surface area contributed by atoms with Gasteiger partial charge in [0.1, 0.15) is 17.0 Å². The third-order valence-electron chi connectivity index (χ3n) is 5.82. The van der Waals surface area contributed by atoms with Crippen LogP contribution in [0.5, 0.6) is 5.75 Å². The van der Waals surface area contributed by atoms with Gasteiger partial charge in [0.15, 0.2) is 0 Å². The molecule has 1 N–H and O–H groups in total. The zero-order valence-corrected chi connectivity index (χ0v) is 17.7. The summed E-state index contributed by atoms with van der Waals surface area (Å²) in [5.74, 6) is 0.461. The summed E-state index contributed by atoms with van der Waals surface area (Å²) >= 11 is 0. The Morgan fingerprint density at radius 1 is 1.09 bits per heavy atom. The Morgan fingerprint density at radius 2 is 1.88 bits per heavy atom. The highest BCUT2D eigenvalue weighted by atomic mass is 19.4. The Kier molecular flexibility index (Phi) is 5.07. The van der Waals surface area contributed by atoms with Crippen LogP contribution in [0.25, 0.3) is 27.8 Å². The quantitative estimate of drug-likeness (QED) is 0.494. The average molecular weight is 455 g/mol. The van der Waals surface area contributed by atoms with Crippen LogP contribution in [0.4, 0.5) is 18.9 Å². The normalized spacial score (nSPS) is 14.2. The van der Waals surface area contributed by atoms with Crippen molar-refractivity contribution in [2.24, 2.45) is 0 Å². The molecule has 170 valence electrons. The fraction of sp³-hybridized carbons (Fsp3) is 0.261. The highest BCUT2D eigenvalue weighted by Crippen LogP contribution is 2.37. The van der Waals surface area contributed by atoms with Crippen molar-refractivity contribution >= 4 is 16.6 Å². The van der Waals surface area contributed by atoms with Crippen LogP contribution in [0.3, 0.4) is 0 Å². The Balaban J connectivity index is 1.79. The number of hydrogen-bond donors (Lipinski definition) is 1. The predicted octanol–water partition coefficient (Wildman–Crippen LogP) is 4.40. The van der Waals surface area contributed by atoms with Crippen LogP contribution in [0.1, 0.15) is 18.4 Å². The summed E-state index contributed by atoms with van der Waals surface area (Å²) < 4.78 is 47.9. The van der Waals surface area contributed by atoms with Crippen LogP contribution >= 0.6 is 0 Å². The van der Waals surface area contributed by atoms with E-state index in [9.17, 15) is 18.0 Å². The van der Waals surface area contributed by atoms with Crippen LogP contribution in [-0.4, -0.2) is 39.9 Å². The number of halogens is 3. The predicted molar refractivity (Wildman–Crippen MR) is 118 cm³/mol. The summed E-state index contributed by atoms with van der Waals surface area (Å²) in [7, 11) is 1.49. The number of nitrogens with one attached hydrogen (secondary N) is 1. The van der Waals surface area contributed by atoms with Crippen molar-refractivity contribution in [3.05, 3.63) is 64.8 Å². The molecule has 0 spiro atoms. The van der Waals surface area contributed by atoms with Gasteiger partial charge in [0, 0.05) is 42.1 Å². The molecule has 10 heteroatoms. The number of nitrogens with zero attached hydrogens (tertiary/aromatic N) is 4. The van der Waals surface area contributed by atoms with Gasteiger partial charge in [-0.2, -0.15) is 23.0 Å². The van der Waals surface area contributed by atoms with Crippen molar-refractivity contribution in [2.45, 2.75) is 19.0 Å². The zero-order valence-electron chi connectivity index (χ0n) is 17.7. The van der Waals surface area contributed by atoms with E-state index in [4.69, 9.17) is 4.74 Å². The molecule has 1 aliphatic heterocycles. The highest BCUT2D eigenvalue weighted by Gasteiger charge is 2.35. The second kappa shape index (κ2) is 7.95. The van der Waals surface area contributed by atoms with Gasteiger partial charge in [-0.25, -0.2) is 0 Å². The lowest BCUT2D eigenvalue weighted by Crippen LogP contribution is -2.26. The van der Waals surface area contributed by atoms with Crippen molar-refractivity contribution in [1.82, 2.24) is 19.7 Å². The van der Waals surface area contributed by atoms with E-state index in [1.54, 1.807) is 18.3 Å². The molecule has 0 bridgehead atoms. The van der Waals surface area contributed by atoms with Gasteiger partial charge in [-0.05, 0) is 43.2 Å². The molecule has 1 fully saturated rings. The zero-order chi connectivity index (χ0) is 23.2. The van der Waals surface area contributed by atoms with Crippen molar-refractivity contribution < 1.29 is 17.9 Å². The maximum atomic E-state index is 14.0.